The Kier molecular flexibility index (Phi) is 8.65. The summed E-state index contributed by atoms with van der Waals surface area (Å²) in [4.78, 5) is 45.2. The van der Waals surface area contributed by atoms with Crippen molar-refractivity contribution < 1.29 is 18.7 Å². The number of nitrogens with zero attached hydrogens (tertiary/aromatic N) is 4. The van der Waals surface area contributed by atoms with Crippen molar-refractivity contribution in [1.29, 1.82) is 0 Å². The summed E-state index contributed by atoms with van der Waals surface area (Å²) in [6.07, 6.45) is 2.11. The summed E-state index contributed by atoms with van der Waals surface area (Å²) in [6.45, 7) is 4.93. The van der Waals surface area contributed by atoms with Crippen molar-refractivity contribution >= 4 is 34.5 Å². The molecule has 0 aliphatic carbocycles. The van der Waals surface area contributed by atoms with Crippen molar-refractivity contribution in [2.24, 2.45) is 0 Å². The summed E-state index contributed by atoms with van der Waals surface area (Å²) in [5, 5.41) is 0.457. The number of halogens is 1. The van der Waals surface area contributed by atoms with Crippen molar-refractivity contribution in [3.63, 3.8) is 0 Å². The Labute approximate surface area is 255 Å². The molecule has 2 saturated heterocycles. The van der Waals surface area contributed by atoms with Gasteiger partial charge in [-0.05, 0) is 59.9 Å². The van der Waals surface area contributed by atoms with Crippen LogP contribution in [0.1, 0.15) is 34.8 Å². The molecule has 0 spiro atoms. The Morgan fingerprint density at radius 2 is 1.67 bits per heavy atom. The third-order valence-electron chi connectivity index (χ3n) is 8.45. The van der Waals surface area contributed by atoms with Crippen LogP contribution in [-0.2, 0) is 16.1 Å². The van der Waals surface area contributed by atoms with Gasteiger partial charge in [0.15, 0.2) is 5.58 Å². The molecular formula is C33H35ClN4O5. The minimum absolute atomic E-state index is 0.0773. The van der Waals surface area contributed by atoms with Gasteiger partial charge in [-0.25, -0.2) is 4.79 Å². The number of carbonyl (C=O) groups is 2. The normalized spacial score (nSPS) is 16.5. The third-order valence-corrected chi connectivity index (χ3v) is 8.69. The van der Waals surface area contributed by atoms with E-state index >= 15 is 0 Å². The molecule has 224 valence electrons. The second-order valence-corrected chi connectivity index (χ2v) is 11.6. The van der Waals surface area contributed by atoms with Crippen LogP contribution in [0.25, 0.3) is 22.2 Å². The van der Waals surface area contributed by atoms with Gasteiger partial charge < -0.3 is 19.0 Å². The first-order valence-corrected chi connectivity index (χ1v) is 15.1. The number of fused-ring (bicyclic) bond motifs is 1. The van der Waals surface area contributed by atoms with E-state index in [-0.39, 0.29) is 24.4 Å². The number of likely N-dealkylation sites (N-methyl/N-ethyl adjacent to an activating group) is 1. The Bertz CT molecular complexity index is 1670. The van der Waals surface area contributed by atoms with Gasteiger partial charge in [0.25, 0.3) is 5.91 Å². The van der Waals surface area contributed by atoms with E-state index < -0.39 is 5.76 Å². The average Bonchev–Trinajstić information content (AvgIpc) is 3.68. The molecule has 9 nitrogen and oxygen atoms in total. The number of amides is 2. The molecule has 1 atom stereocenters. The predicted molar refractivity (Wildman–Crippen MR) is 165 cm³/mol. The van der Waals surface area contributed by atoms with Crippen LogP contribution >= 0.6 is 11.6 Å². The third kappa shape index (κ3) is 6.39. The molecule has 2 aliphatic rings. The number of hydrogen-bond acceptors (Lipinski definition) is 6. The SMILES string of the molecule is CN(C(=O)Cn1c(=O)oc2ccc(Cl)cc21)C(CN1CCOCC1)c1ccc(-c2cccc(C(=O)N3CCCC3)c2)cc1. The second kappa shape index (κ2) is 12.8. The molecule has 6 rings (SSSR count). The van der Waals surface area contributed by atoms with Gasteiger partial charge in [0.05, 0.1) is 24.8 Å². The molecule has 3 aromatic carbocycles. The van der Waals surface area contributed by atoms with Gasteiger partial charge in [-0.3, -0.25) is 19.1 Å². The van der Waals surface area contributed by atoms with Crippen LogP contribution in [0.2, 0.25) is 5.02 Å². The topological polar surface area (TPSA) is 88.2 Å². The van der Waals surface area contributed by atoms with Gasteiger partial charge in [-0.2, -0.15) is 0 Å². The van der Waals surface area contributed by atoms with Crippen LogP contribution in [0, 0.1) is 0 Å². The fraction of sp³-hybridized carbons (Fsp3) is 0.364. The molecule has 2 amide bonds. The minimum atomic E-state index is -0.599. The zero-order valence-electron chi connectivity index (χ0n) is 24.2. The first-order chi connectivity index (χ1) is 20.9. The molecular weight excluding hydrogens is 568 g/mol. The molecule has 2 fully saturated rings. The Balaban J connectivity index is 1.25. The standard InChI is InChI=1S/C33H35ClN4O5/c1-35(31(39)22-38-28-20-27(34)11-12-30(28)43-33(38)41)29(21-36-15-17-42-18-16-36)24-9-7-23(8-10-24)25-5-4-6-26(19-25)32(40)37-13-2-3-14-37/h4-12,19-20,29H,2-3,13-18,21-22H2,1H3. The summed E-state index contributed by atoms with van der Waals surface area (Å²) in [7, 11) is 1.77. The molecule has 0 saturated carbocycles. The lowest BCUT2D eigenvalue weighted by Crippen LogP contribution is -2.44. The Morgan fingerprint density at radius 1 is 0.930 bits per heavy atom. The number of oxazole rings is 1. The highest BCUT2D eigenvalue weighted by molar-refractivity contribution is 6.31. The lowest BCUT2D eigenvalue weighted by atomic mass is 9.98. The minimum Gasteiger partial charge on any atom is -0.408 e. The number of aromatic nitrogens is 1. The molecule has 10 heteroatoms. The molecule has 4 aromatic rings. The lowest BCUT2D eigenvalue weighted by Gasteiger charge is -2.35. The van der Waals surface area contributed by atoms with E-state index in [1.165, 1.54) is 4.57 Å². The van der Waals surface area contributed by atoms with Gasteiger partial charge in [0.2, 0.25) is 5.91 Å². The van der Waals surface area contributed by atoms with E-state index in [4.69, 9.17) is 20.8 Å². The molecule has 0 bridgehead atoms. The summed E-state index contributed by atoms with van der Waals surface area (Å²) >= 11 is 6.16. The summed E-state index contributed by atoms with van der Waals surface area (Å²) in [5.74, 6) is -0.743. The monoisotopic (exact) mass is 602 g/mol. The number of ether oxygens (including phenoxy) is 1. The number of hydrogen-bond donors (Lipinski definition) is 0. The van der Waals surface area contributed by atoms with Gasteiger partial charge >= 0.3 is 5.76 Å². The van der Waals surface area contributed by atoms with E-state index in [2.05, 4.69) is 4.90 Å². The molecule has 1 aromatic heterocycles. The Morgan fingerprint density at radius 3 is 2.42 bits per heavy atom. The first kappa shape index (κ1) is 29.2. The maximum absolute atomic E-state index is 13.7. The van der Waals surface area contributed by atoms with Crippen LogP contribution in [0.15, 0.2) is 75.9 Å². The number of likely N-dealkylation sites (tertiary alicyclic amines) is 1. The van der Waals surface area contributed by atoms with Crippen molar-refractivity contribution in [1.82, 2.24) is 19.3 Å². The molecule has 3 heterocycles. The maximum Gasteiger partial charge on any atom is 0.420 e. The highest BCUT2D eigenvalue weighted by atomic mass is 35.5. The van der Waals surface area contributed by atoms with Gasteiger partial charge in [0, 0.05) is 50.4 Å². The van der Waals surface area contributed by atoms with Crippen LogP contribution in [0.3, 0.4) is 0 Å². The highest BCUT2D eigenvalue weighted by Gasteiger charge is 2.27. The van der Waals surface area contributed by atoms with Crippen LogP contribution in [0.5, 0.6) is 0 Å². The zero-order valence-corrected chi connectivity index (χ0v) is 25.0. The fourth-order valence-corrected chi connectivity index (χ4v) is 6.08. The fourth-order valence-electron chi connectivity index (χ4n) is 5.92. The van der Waals surface area contributed by atoms with Crippen molar-refractivity contribution in [2.45, 2.75) is 25.4 Å². The number of rotatable bonds is 8. The van der Waals surface area contributed by atoms with Gasteiger partial charge in [-0.15, -0.1) is 0 Å². The van der Waals surface area contributed by atoms with E-state index in [0.29, 0.717) is 41.4 Å². The van der Waals surface area contributed by atoms with Crippen LogP contribution in [-0.4, -0.2) is 84.1 Å². The van der Waals surface area contributed by atoms with Gasteiger partial charge in [-0.1, -0.05) is 48.0 Å². The van der Waals surface area contributed by atoms with E-state index in [1.54, 1.807) is 30.1 Å². The molecule has 1 unspecified atom stereocenters. The molecule has 0 N–H and O–H groups in total. The Hall–Kier alpha value is -3.92. The summed E-state index contributed by atoms with van der Waals surface area (Å²) in [5.41, 5.74) is 4.50. The first-order valence-electron chi connectivity index (χ1n) is 14.7. The average molecular weight is 603 g/mol. The van der Waals surface area contributed by atoms with Crippen LogP contribution in [0.4, 0.5) is 0 Å². The smallest absolute Gasteiger partial charge is 0.408 e. The van der Waals surface area contributed by atoms with Crippen molar-refractivity contribution in [3.8, 4) is 11.1 Å². The van der Waals surface area contributed by atoms with Gasteiger partial charge in [0.1, 0.15) is 6.54 Å². The summed E-state index contributed by atoms with van der Waals surface area (Å²) in [6, 6.07) is 20.6. The zero-order chi connectivity index (χ0) is 29.9. The van der Waals surface area contributed by atoms with E-state index in [1.807, 2.05) is 53.4 Å². The summed E-state index contributed by atoms with van der Waals surface area (Å²) < 4.78 is 12.2. The maximum atomic E-state index is 13.7. The number of carbonyl (C=O) groups excluding carboxylic acids is 2. The van der Waals surface area contributed by atoms with E-state index in [0.717, 1.165) is 55.7 Å². The van der Waals surface area contributed by atoms with Crippen molar-refractivity contribution in [2.75, 3.05) is 53.0 Å². The predicted octanol–water partition coefficient (Wildman–Crippen LogP) is 4.68. The van der Waals surface area contributed by atoms with Crippen LogP contribution < -0.4 is 5.76 Å². The quantitative estimate of drug-likeness (QED) is 0.291. The second-order valence-electron chi connectivity index (χ2n) is 11.2. The largest absolute Gasteiger partial charge is 0.420 e. The van der Waals surface area contributed by atoms with Crippen molar-refractivity contribution in [3.05, 3.63) is 93.4 Å². The molecule has 2 aliphatic heterocycles. The number of benzene rings is 3. The lowest BCUT2D eigenvalue weighted by molar-refractivity contribution is -0.133. The van der Waals surface area contributed by atoms with E-state index in [9.17, 15) is 14.4 Å². The molecule has 43 heavy (non-hydrogen) atoms. The molecule has 0 radical (unpaired) electrons. The highest BCUT2D eigenvalue weighted by Crippen LogP contribution is 2.28. The number of morpholine rings is 1.